The van der Waals surface area contributed by atoms with E-state index in [9.17, 15) is 9.90 Å². The van der Waals surface area contributed by atoms with Crippen LogP contribution in [0.15, 0.2) is 65.7 Å². The summed E-state index contributed by atoms with van der Waals surface area (Å²) >= 11 is 1.21. The largest absolute Gasteiger partial charge is 0.508 e. The lowest BCUT2D eigenvalue weighted by atomic mass is 10.1. The first kappa shape index (κ1) is 16.4. The predicted molar refractivity (Wildman–Crippen MR) is 106 cm³/mol. The Morgan fingerprint density at radius 1 is 1.08 bits per heavy atom. The third-order valence-corrected chi connectivity index (χ3v) is 5.05. The highest BCUT2D eigenvalue weighted by atomic mass is 32.1. The van der Waals surface area contributed by atoms with Crippen molar-refractivity contribution >= 4 is 27.2 Å². The maximum atomic E-state index is 11.5. The number of aromatic hydroxyl groups is 1. The van der Waals surface area contributed by atoms with Gasteiger partial charge in [-0.05, 0) is 41.8 Å². The Kier molecular flexibility index (Phi) is 4.41. The number of anilines is 1. The van der Waals surface area contributed by atoms with E-state index in [2.05, 4.69) is 15.3 Å². The van der Waals surface area contributed by atoms with E-state index in [0.29, 0.717) is 12.3 Å². The number of aromatic amines is 1. The molecule has 3 N–H and O–H groups in total. The van der Waals surface area contributed by atoms with E-state index in [0.717, 1.165) is 39.0 Å². The quantitative estimate of drug-likeness (QED) is 0.501. The minimum atomic E-state index is -0.0464. The van der Waals surface area contributed by atoms with E-state index < -0.39 is 0 Å². The Hall–Kier alpha value is -3.12. The molecule has 0 amide bonds. The van der Waals surface area contributed by atoms with Crippen molar-refractivity contribution in [2.24, 2.45) is 0 Å². The smallest absolute Gasteiger partial charge is 0.305 e. The number of hydrogen-bond acceptors (Lipinski definition) is 5. The second-order valence-electron chi connectivity index (χ2n) is 5.99. The summed E-state index contributed by atoms with van der Waals surface area (Å²) in [6.07, 6.45) is 4.31. The number of thiazole rings is 1. The zero-order chi connectivity index (χ0) is 17.9. The fraction of sp³-hybridized carbons (Fsp3) is 0.100. The Morgan fingerprint density at radius 3 is 2.85 bits per heavy atom. The Morgan fingerprint density at radius 2 is 1.96 bits per heavy atom. The summed E-state index contributed by atoms with van der Waals surface area (Å²) in [7, 11) is 0. The summed E-state index contributed by atoms with van der Waals surface area (Å²) in [6.45, 7) is 0.696. The van der Waals surface area contributed by atoms with E-state index >= 15 is 0 Å². The molecule has 130 valence electrons. The van der Waals surface area contributed by atoms with Crippen LogP contribution >= 0.6 is 11.3 Å². The monoisotopic (exact) mass is 363 g/mol. The fourth-order valence-electron chi connectivity index (χ4n) is 2.88. The number of phenols is 1. The van der Waals surface area contributed by atoms with E-state index in [1.54, 1.807) is 12.3 Å². The molecular weight excluding hydrogens is 346 g/mol. The lowest BCUT2D eigenvalue weighted by Gasteiger charge is -2.09. The van der Waals surface area contributed by atoms with Gasteiger partial charge in [0, 0.05) is 24.5 Å². The maximum absolute atomic E-state index is 11.5. The first-order chi connectivity index (χ1) is 12.7. The molecular formula is C20H17N3O2S. The van der Waals surface area contributed by atoms with Crippen LogP contribution in [0.2, 0.25) is 0 Å². The topological polar surface area (TPSA) is 78.0 Å². The van der Waals surface area contributed by atoms with Gasteiger partial charge in [-0.1, -0.05) is 35.6 Å². The number of nitrogens with zero attached hydrogens (tertiary/aromatic N) is 1. The van der Waals surface area contributed by atoms with Crippen molar-refractivity contribution in [3.63, 3.8) is 0 Å². The van der Waals surface area contributed by atoms with Crippen molar-refractivity contribution in [3.8, 4) is 16.9 Å². The third kappa shape index (κ3) is 3.45. The summed E-state index contributed by atoms with van der Waals surface area (Å²) < 4.78 is 0.936. The number of rotatable bonds is 5. The van der Waals surface area contributed by atoms with Crippen LogP contribution < -0.4 is 10.2 Å². The van der Waals surface area contributed by atoms with Gasteiger partial charge < -0.3 is 15.4 Å². The molecule has 0 bridgehead atoms. The van der Waals surface area contributed by atoms with Crippen molar-refractivity contribution in [2.75, 3.05) is 11.9 Å². The molecule has 2 heterocycles. The summed E-state index contributed by atoms with van der Waals surface area (Å²) in [6, 6.07) is 15.3. The number of para-hydroxylation sites is 1. The van der Waals surface area contributed by atoms with E-state index in [-0.39, 0.29) is 4.87 Å². The molecule has 2 aromatic heterocycles. The molecule has 0 saturated heterocycles. The molecule has 0 saturated carbocycles. The van der Waals surface area contributed by atoms with E-state index in [1.165, 1.54) is 11.3 Å². The van der Waals surface area contributed by atoms with Crippen LogP contribution in [0, 0.1) is 0 Å². The average Bonchev–Trinajstić information content (AvgIpc) is 3.03. The van der Waals surface area contributed by atoms with Crippen LogP contribution in [0.3, 0.4) is 0 Å². The summed E-state index contributed by atoms with van der Waals surface area (Å²) in [5, 5.41) is 13.2. The number of aromatic nitrogens is 2. The zero-order valence-electron chi connectivity index (χ0n) is 13.9. The third-order valence-electron chi connectivity index (χ3n) is 4.21. The molecule has 5 nitrogen and oxygen atoms in total. The number of pyridine rings is 1. The Balaban J connectivity index is 1.50. The van der Waals surface area contributed by atoms with Crippen LogP contribution in [0.5, 0.6) is 5.75 Å². The molecule has 0 aliphatic carbocycles. The number of phenolic OH excluding ortho intramolecular Hbond substituents is 1. The van der Waals surface area contributed by atoms with Gasteiger partial charge in [-0.3, -0.25) is 9.78 Å². The number of H-pyrrole nitrogens is 1. The molecule has 0 spiro atoms. The first-order valence-electron chi connectivity index (χ1n) is 8.28. The van der Waals surface area contributed by atoms with Gasteiger partial charge in [0.25, 0.3) is 0 Å². The Labute approximate surface area is 154 Å². The second kappa shape index (κ2) is 7.01. The highest BCUT2D eigenvalue weighted by Gasteiger charge is 2.05. The average molecular weight is 363 g/mol. The molecule has 6 heteroatoms. The summed E-state index contributed by atoms with van der Waals surface area (Å²) in [5.74, 6) is 0.319. The molecule has 0 aliphatic heterocycles. The number of fused-ring (bicyclic) bond motifs is 1. The van der Waals surface area contributed by atoms with Crippen LogP contribution in [-0.2, 0) is 6.42 Å². The highest BCUT2D eigenvalue weighted by Crippen LogP contribution is 2.26. The lowest BCUT2D eigenvalue weighted by Crippen LogP contribution is -2.05. The maximum Gasteiger partial charge on any atom is 0.305 e. The van der Waals surface area contributed by atoms with Crippen molar-refractivity contribution in [3.05, 3.63) is 76.2 Å². The number of nitrogens with one attached hydrogen (secondary N) is 2. The molecule has 0 unspecified atom stereocenters. The van der Waals surface area contributed by atoms with Crippen LogP contribution in [0.25, 0.3) is 21.3 Å². The molecule has 0 aliphatic rings. The van der Waals surface area contributed by atoms with Crippen molar-refractivity contribution in [1.29, 1.82) is 0 Å². The van der Waals surface area contributed by atoms with Crippen LogP contribution in [0.1, 0.15) is 5.56 Å². The standard InChI is InChI=1S/C20H17N3O2S/c24-18-4-2-1-3-13(18)7-8-22-16-9-15(11-21-12-16)14-5-6-17-19(10-14)26-20(25)23-17/h1-6,9-12,22,24H,7-8H2,(H,23,25). The normalized spacial score (nSPS) is 10.9. The van der Waals surface area contributed by atoms with Crippen molar-refractivity contribution in [2.45, 2.75) is 6.42 Å². The molecule has 4 rings (SSSR count). The molecule has 0 atom stereocenters. The van der Waals surface area contributed by atoms with Gasteiger partial charge in [0.1, 0.15) is 5.75 Å². The fourth-order valence-corrected chi connectivity index (χ4v) is 3.66. The van der Waals surface area contributed by atoms with Gasteiger partial charge in [0.15, 0.2) is 0 Å². The summed E-state index contributed by atoms with van der Waals surface area (Å²) in [4.78, 5) is 18.5. The SMILES string of the molecule is O=c1[nH]c2ccc(-c3cncc(NCCc4ccccc4O)c3)cc2s1. The minimum Gasteiger partial charge on any atom is -0.508 e. The highest BCUT2D eigenvalue weighted by molar-refractivity contribution is 7.16. The van der Waals surface area contributed by atoms with Gasteiger partial charge in [0.2, 0.25) is 0 Å². The van der Waals surface area contributed by atoms with E-state index in [4.69, 9.17) is 0 Å². The second-order valence-corrected chi connectivity index (χ2v) is 7.01. The Bertz CT molecular complexity index is 1120. The number of benzene rings is 2. The van der Waals surface area contributed by atoms with Gasteiger partial charge in [-0.25, -0.2) is 0 Å². The zero-order valence-corrected chi connectivity index (χ0v) is 14.7. The molecule has 0 radical (unpaired) electrons. The van der Waals surface area contributed by atoms with Gasteiger partial charge in [0.05, 0.1) is 15.9 Å². The first-order valence-corrected chi connectivity index (χ1v) is 9.10. The van der Waals surface area contributed by atoms with Gasteiger partial charge in [-0.15, -0.1) is 0 Å². The molecule has 26 heavy (non-hydrogen) atoms. The lowest BCUT2D eigenvalue weighted by molar-refractivity contribution is 0.468. The van der Waals surface area contributed by atoms with Crippen molar-refractivity contribution < 1.29 is 5.11 Å². The molecule has 4 aromatic rings. The predicted octanol–water partition coefficient (Wildman–Crippen LogP) is 4.01. The van der Waals surface area contributed by atoms with Crippen LogP contribution in [0.4, 0.5) is 5.69 Å². The summed E-state index contributed by atoms with van der Waals surface area (Å²) in [5.41, 5.74) is 4.69. The van der Waals surface area contributed by atoms with Gasteiger partial charge in [-0.2, -0.15) is 0 Å². The molecule has 0 fully saturated rings. The van der Waals surface area contributed by atoms with Crippen LogP contribution in [-0.4, -0.2) is 21.6 Å². The number of hydrogen-bond donors (Lipinski definition) is 3. The van der Waals surface area contributed by atoms with Crippen molar-refractivity contribution in [1.82, 2.24) is 9.97 Å². The van der Waals surface area contributed by atoms with E-state index in [1.807, 2.05) is 48.7 Å². The minimum absolute atomic E-state index is 0.0464. The molecule has 2 aromatic carbocycles. The van der Waals surface area contributed by atoms with Gasteiger partial charge >= 0.3 is 4.87 Å².